The van der Waals surface area contributed by atoms with E-state index in [4.69, 9.17) is 0 Å². The first-order valence-electron chi connectivity index (χ1n) is 6.28. The highest BCUT2D eigenvalue weighted by atomic mass is 16.2. The fourth-order valence-electron chi connectivity index (χ4n) is 1.76. The highest BCUT2D eigenvalue weighted by molar-refractivity contribution is 6.04. The normalized spacial score (nSPS) is 11.4. The molecule has 0 bridgehead atoms. The average molecular weight is 257 g/mol. The first-order chi connectivity index (χ1) is 8.89. The standard InChI is InChI=1S/C15H19N3O/c1-15(2,3)13-10-12(16-17-13)14(19)18(4)11-8-6-5-7-9-11/h5-10H,1-4H3,(H,16,17). The first-order valence-corrected chi connectivity index (χ1v) is 6.28. The summed E-state index contributed by atoms with van der Waals surface area (Å²) in [5.74, 6) is -0.113. The zero-order valence-corrected chi connectivity index (χ0v) is 11.8. The Balaban J connectivity index is 2.23. The smallest absolute Gasteiger partial charge is 0.278 e. The summed E-state index contributed by atoms with van der Waals surface area (Å²) in [6, 6.07) is 11.4. The van der Waals surface area contributed by atoms with Crippen molar-refractivity contribution in [1.82, 2.24) is 10.2 Å². The molecule has 0 aliphatic rings. The number of para-hydroxylation sites is 1. The Morgan fingerprint density at radius 2 is 1.84 bits per heavy atom. The van der Waals surface area contributed by atoms with Gasteiger partial charge in [0.25, 0.3) is 5.91 Å². The van der Waals surface area contributed by atoms with Crippen LogP contribution < -0.4 is 4.90 Å². The van der Waals surface area contributed by atoms with Crippen LogP contribution in [0.2, 0.25) is 0 Å². The number of amides is 1. The first kappa shape index (κ1) is 13.3. The van der Waals surface area contributed by atoms with Gasteiger partial charge in [0.1, 0.15) is 0 Å². The van der Waals surface area contributed by atoms with E-state index in [1.807, 2.05) is 36.4 Å². The number of aromatic amines is 1. The molecule has 0 aliphatic heterocycles. The Bertz CT molecular complexity index is 567. The highest BCUT2D eigenvalue weighted by Crippen LogP contribution is 2.21. The lowest BCUT2D eigenvalue weighted by molar-refractivity contribution is 0.0988. The van der Waals surface area contributed by atoms with Gasteiger partial charge in [-0.2, -0.15) is 5.10 Å². The summed E-state index contributed by atoms with van der Waals surface area (Å²) in [6.45, 7) is 6.24. The minimum atomic E-state index is -0.113. The van der Waals surface area contributed by atoms with Gasteiger partial charge in [0, 0.05) is 23.8 Å². The van der Waals surface area contributed by atoms with Crippen molar-refractivity contribution < 1.29 is 4.79 Å². The minimum absolute atomic E-state index is 0.0448. The van der Waals surface area contributed by atoms with Crippen molar-refractivity contribution in [2.45, 2.75) is 26.2 Å². The van der Waals surface area contributed by atoms with E-state index in [2.05, 4.69) is 31.0 Å². The van der Waals surface area contributed by atoms with E-state index < -0.39 is 0 Å². The Labute approximate surface area is 113 Å². The maximum absolute atomic E-state index is 12.3. The van der Waals surface area contributed by atoms with E-state index >= 15 is 0 Å². The molecule has 0 aliphatic carbocycles. The molecule has 1 aromatic heterocycles. The van der Waals surface area contributed by atoms with Crippen molar-refractivity contribution >= 4 is 11.6 Å². The van der Waals surface area contributed by atoms with Crippen molar-refractivity contribution in [3.63, 3.8) is 0 Å². The van der Waals surface area contributed by atoms with E-state index in [1.54, 1.807) is 11.9 Å². The van der Waals surface area contributed by atoms with E-state index in [0.29, 0.717) is 5.69 Å². The van der Waals surface area contributed by atoms with Crippen LogP contribution in [0.25, 0.3) is 0 Å². The Hall–Kier alpha value is -2.10. The monoisotopic (exact) mass is 257 g/mol. The molecule has 1 amide bonds. The lowest BCUT2D eigenvalue weighted by Gasteiger charge is -2.16. The zero-order chi connectivity index (χ0) is 14.0. The van der Waals surface area contributed by atoms with Crippen LogP contribution in [0, 0.1) is 0 Å². The van der Waals surface area contributed by atoms with Crippen LogP contribution in [0.3, 0.4) is 0 Å². The topological polar surface area (TPSA) is 49.0 Å². The third-order valence-electron chi connectivity index (χ3n) is 3.05. The van der Waals surface area contributed by atoms with E-state index in [0.717, 1.165) is 11.4 Å². The fraction of sp³-hybridized carbons (Fsp3) is 0.333. The average Bonchev–Trinajstić information content (AvgIpc) is 2.87. The number of carbonyl (C=O) groups excluding carboxylic acids is 1. The molecule has 0 unspecified atom stereocenters. The van der Waals surface area contributed by atoms with Gasteiger partial charge in [-0.05, 0) is 18.2 Å². The summed E-state index contributed by atoms with van der Waals surface area (Å²) in [7, 11) is 1.75. The van der Waals surface area contributed by atoms with Crippen LogP contribution in [-0.2, 0) is 5.41 Å². The Kier molecular flexibility index (Phi) is 3.42. The van der Waals surface area contributed by atoms with Gasteiger partial charge in [-0.3, -0.25) is 9.89 Å². The summed E-state index contributed by atoms with van der Waals surface area (Å²) < 4.78 is 0. The number of hydrogen-bond acceptors (Lipinski definition) is 2. The maximum atomic E-state index is 12.3. The van der Waals surface area contributed by atoms with Crippen molar-refractivity contribution in [2.24, 2.45) is 0 Å². The van der Waals surface area contributed by atoms with Crippen LogP contribution in [0.5, 0.6) is 0 Å². The van der Waals surface area contributed by atoms with Gasteiger partial charge in [-0.25, -0.2) is 0 Å². The van der Waals surface area contributed by atoms with Gasteiger partial charge in [-0.1, -0.05) is 39.0 Å². The number of rotatable bonds is 2. The zero-order valence-electron chi connectivity index (χ0n) is 11.8. The number of nitrogens with zero attached hydrogens (tertiary/aromatic N) is 2. The van der Waals surface area contributed by atoms with Crippen LogP contribution in [0.4, 0.5) is 5.69 Å². The fourth-order valence-corrected chi connectivity index (χ4v) is 1.76. The van der Waals surface area contributed by atoms with Crippen molar-refractivity contribution in [1.29, 1.82) is 0 Å². The molecule has 1 aromatic carbocycles. The number of anilines is 1. The van der Waals surface area contributed by atoms with Gasteiger partial charge in [-0.15, -0.1) is 0 Å². The van der Waals surface area contributed by atoms with Gasteiger partial charge in [0.15, 0.2) is 5.69 Å². The lowest BCUT2D eigenvalue weighted by Crippen LogP contribution is -2.26. The van der Waals surface area contributed by atoms with Crippen LogP contribution in [0.1, 0.15) is 37.0 Å². The number of benzene rings is 1. The molecule has 1 heterocycles. The van der Waals surface area contributed by atoms with Gasteiger partial charge >= 0.3 is 0 Å². The SMILES string of the molecule is CN(C(=O)c1cc(C(C)(C)C)[nH]n1)c1ccccc1. The second-order valence-corrected chi connectivity index (χ2v) is 5.62. The molecule has 4 nitrogen and oxygen atoms in total. The van der Waals surface area contributed by atoms with Crippen molar-refractivity contribution in [3.8, 4) is 0 Å². The molecule has 0 radical (unpaired) electrons. The molecule has 0 atom stereocenters. The van der Waals surface area contributed by atoms with E-state index in [1.165, 1.54) is 0 Å². The molecule has 100 valence electrons. The van der Waals surface area contributed by atoms with Gasteiger partial charge in [0.05, 0.1) is 0 Å². The summed E-state index contributed by atoms with van der Waals surface area (Å²) in [6.07, 6.45) is 0. The number of aromatic nitrogens is 2. The third kappa shape index (κ3) is 2.84. The quantitative estimate of drug-likeness (QED) is 0.899. The van der Waals surface area contributed by atoms with Crippen LogP contribution >= 0.6 is 0 Å². The summed E-state index contributed by atoms with van der Waals surface area (Å²) in [5, 5.41) is 7.05. The van der Waals surface area contributed by atoms with E-state index in [-0.39, 0.29) is 11.3 Å². The molecule has 0 saturated carbocycles. The highest BCUT2D eigenvalue weighted by Gasteiger charge is 2.21. The number of hydrogen-bond donors (Lipinski definition) is 1. The van der Waals surface area contributed by atoms with Crippen molar-refractivity contribution in [2.75, 3.05) is 11.9 Å². The Morgan fingerprint density at radius 3 is 2.37 bits per heavy atom. The third-order valence-corrected chi connectivity index (χ3v) is 3.05. The summed E-state index contributed by atoms with van der Waals surface area (Å²) in [5.41, 5.74) is 2.21. The lowest BCUT2D eigenvalue weighted by atomic mass is 9.92. The number of nitrogens with one attached hydrogen (secondary N) is 1. The largest absolute Gasteiger partial charge is 0.310 e. The molecular weight excluding hydrogens is 238 g/mol. The van der Waals surface area contributed by atoms with E-state index in [9.17, 15) is 4.79 Å². The second kappa shape index (κ2) is 4.88. The maximum Gasteiger partial charge on any atom is 0.278 e. The molecule has 2 rings (SSSR count). The van der Waals surface area contributed by atoms with Crippen LogP contribution in [-0.4, -0.2) is 23.2 Å². The Morgan fingerprint density at radius 1 is 1.21 bits per heavy atom. The molecule has 0 spiro atoms. The molecule has 4 heteroatoms. The molecule has 0 fully saturated rings. The minimum Gasteiger partial charge on any atom is -0.310 e. The molecular formula is C15H19N3O. The predicted octanol–water partition coefficient (Wildman–Crippen LogP) is 2.98. The molecule has 2 aromatic rings. The molecule has 1 N–H and O–H groups in total. The van der Waals surface area contributed by atoms with Gasteiger partial charge < -0.3 is 4.90 Å². The molecule has 0 saturated heterocycles. The summed E-state index contributed by atoms with van der Waals surface area (Å²) >= 11 is 0. The van der Waals surface area contributed by atoms with Gasteiger partial charge in [0.2, 0.25) is 0 Å². The number of H-pyrrole nitrogens is 1. The summed E-state index contributed by atoms with van der Waals surface area (Å²) in [4.78, 5) is 13.9. The van der Waals surface area contributed by atoms with Crippen molar-refractivity contribution in [3.05, 3.63) is 47.8 Å². The second-order valence-electron chi connectivity index (χ2n) is 5.62. The molecule has 19 heavy (non-hydrogen) atoms. The number of carbonyl (C=O) groups is 1. The predicted molar refractivity (Wildman–Crippen MR) is 76.5 cm³/mol. The van der Waals surface area contributed by atoms with Crippen LogP contribution in [0.15, 0.2) is 36.4 Å².